The van der Waals surface area contributed by atoms with Gasteiger partial charge in [0.1, 0.15) is 0 Å². The van der Waals surface area contributed by atoms with Crippen molar-refractivity contribution in [3.05, 3.63) is 52.9 Å². The minimum atomic E-state index is -0.163. The van der Waals surface area contributed by atoms with Crippen molar-refractivity contribution in [2.75, 3.05) is 21.3 Å². The molecule has 6 heteroatoms. The van der Waals surface area contributed by atoms with Crippen molar-refractivity contribution in [3.8, 4) is 17.2 Å². The van der Waals surface area contributed by atoms with Gasteiger partial charge in [-0.1, -0.05) is 6.07 Å². The Kier molecular flexibility index (Phi) is 4.12. The summed E-state index contributed by atoms with van der Waals surface area (Å²) in [5.41, 5.74) is 9.13. The molecule has 1 heterocycles. The molecule has 3 rings (SSSR count). The van der Waals surface area contributed by atoms with E-state index in [0.29, 0.717) is 46.1 Å². The molecule has 0 aliphatic heterocycles. The zero-order chi connectivity index (χ0) is 17.3. The summed E-state index contributed by atoms with van der Waals surface area (Å²) in [4.78, 5) is 17.0. The number of ether oxygens (including phenoxy) is 3. The zero-order valence-corrected chi connectivity index (χ0v) is 13.8. The van der Waals surface area contributed by atoms with E-state index in [1.807, 2.05) is 12.1 Å². The van der Waals surface area contributed by atoms with Crippen LogP contribution in [-0.4, -0.2) is 32.1 Å². The number of benzene rings is 1. The first-order chi connectivity index (χ1) is 11.6. The second kappa shape index (κ2) is 6.23. The minimum absolute atomic E-state index is 0.163. The molecule has 1 aromatic carbocycles. The molecule has 0 saturated carbocycles. The van der Waals surface area contributed by atoms with Crippen molar-refractivity contribution in [2.24, 2.45) is 5.73 Å². The molecule has 2 N–H and O–H groups in total. The van der Waals surface area contributed by atoms with Crippen LogP contribution in [0.4, 0.5) is 0 Å². The SMILES string of the molecule is COc1cc2c(c(OC)c1OC)C(=O)C(Cc1cccnc1)=C2N. The van der Waals surface area contributed by atoms with Gasteiger partial charge in [0.15, 0.2) is 17.3 Å². The maximum absolute atomic E-state index is 12.9. The van der Waals surface area contributed by atoms with E-state index >= 15 is 0 Å². The number of allylic oxidation sites excluding steroid dienone is 1. The summed E-state index contributed by atoms with van der Waals surface area (Å²) in [5, 5.41) is 0. The number of fused-ring (bicyclic) bond motifs is 1. The summed E-state index contributed by atoms with van der Waals surface area (Å²) >= 11 is 0. The molecule has 0 atom stereocenters. The summed E-state index contributed by atoms with van der Waals surface area (Å²) in [6.45, 7) is 0. The number of carbonyl (C=O) groups is 1. The summed E-state index contributed by atoms with van der Waals surface area (Å²) in [7, 11) is 4.51. The number of rotatable bonds is 5. The van der Waals surface area contributed by atoms with E-state index < -0.39 is 0 Å². The highest BCUT2D eigenvalue weighted by atomic mass is 16.5. The number of hydrogen-bond acceptors (Lipinski definition) is 6. The van der Waals surface area contributed by atoms with E-state index in [1.165, 1.54) is 21.3 Å². The molecule has 0 bridgehead atoms. The molecule has 24 heavy (non-hydrogen) atoms. The fourth-order valence-corrected chi connectivity index (χ4v) is 2.91. The lowest BCUT2D eigenvalue weighted by atomic mass is 10.0. The molecule has 0 unspecified atom stereocenters. The standard InChI is InChI=1S/C18H18N2O4/c1-22-13-8-11-14(18(24-3)17(13)23-2)16(21)12(15(11)19)7-10-5-4-6-20-9-10/h4-6,8-9H,7,19H2,1-3H3. The van der Waals surface area contributed by atoms with Crippen LogP contribution in [0.3, 0.4) is 0 Å². The Hall–Kier alpha value is -3.02. The maximum atomic E-state index is 12.9. The summed E-state index contributed by atoms with van der Waals surface area (Å²) < 4.78 is 16.1. The average Bonchev–Trinajstić information content (AvgIpc) is 2.85. The van der Waals surface area contributed by atoms with E-state index in [0.717, 1.165) is 5.56 Å². The van der Waals surface area contributed by atoms with Crippen LogP contribution in [0.5, 0.6) is 17.2 Å². The number of hydrogen-bond donors (Lipinski definition) is 1. The van der Waals surface area contributed by atoms with Gasteiger partial charge in [-0.05, 0) is 17.7 Å². The van der Waals surface area contributed by atoms with Crippen LogP contribution in [0.25, 0.3) is 5.70 Å². The number of pyridine rings is 1. The molecular weight excluding hydrogens is 308 g/mol. The van der Waals surface area contributed by atoms with Gasteiger partial charge in [-0.2, -0.15) is 0 Å². The normalized spacial score (nSPS) is 13.0. The summed E-state index contributed by atoms with van der Waals surface area (Å²) in [5.74, 6) is 1.01. The molecular formula is C18H18N2O4. The van der Waals surface area contributed by atoms with Crippen molar-refractivity contribution in [1.29, 1.82) is 0 Å². The number of nitrogens with zero attached hydrogens (tertiary/aromatic N) is 1. The van der Waals surface area contributed by atoms with Gasteiger partial charge in [0.2, 0.25) is 5.75 Å². The van der Waals surface area contributed by atoms with Crippen LogP contribution < -0.4 is 19.9 Å². The smallest absolute Gasteiger partial charge is 0.204 e. The first kappa shape index (κ1) is 15.9. The topological polar surface area (TPSA) is 83.7 Å². The summed E-state index contributed by atoms with van der Waals surface area (Å²) in [6, 6.07) is 5.44. The van der Waals surface area contributed by atoms with E-state index in [9.17, 15) is 4.79 Å². The molecule has 0 spiro atoms. The quantitative estimate of drug-likeness (QED) is 0.907. The van der Waals surface area contributed by atoms with Crippen molar-refractivity contribution >= 4 is 11.5 Å². The van der Waals surface area contributed by atoms with Crippen LogP contribution >= 0.6 is 0 Å². The Morgan fingerprint density at radius 3 is 2.46 bits per heavy atom. The summed E-state index contributed by atoms with van der Waals surface area (Å²) in [6.07, 6.45) is 3.81. The molecule has 124 valence electrons. The van der Waals surface area contributed by atoms with Crippen LogP contribution in [0.2, 0.25) is 0 Å². The molecule has 2 aromatic rings. The number of Topliss-reactive ketones (excluding diaryl/α,β-unsaturated/α-hetero) is 1. The van der Waals surface area contributed by atoms with Crippen molar-refractivity contribution < 1.29 is 19.0 Å². The molecule has 1 aliphatic rings. The lowest BCUT2D eigenvalue weighted by molar-refractivity contribution is 0.103. The Morgan fingerprint density at radius 2 is 1.88 bits per heavy atom. The molecule has 0 radical (unpaired) electrons. The van der Waals surface area contributed by atoms with Gasteiger partial charge >= 0.3 is 0 Å². The van der Waals surface area contributed by atoms with Crippen molar-refractivity contribution in [2.45, 2.75) is 6.42 Å². The van der Waals surface area contributed by atoms with E-state index in [1.54, 1.807) is 18.5 Å². The van der Waals surface area contributed by atoms with E-state index in [2.05, 4.69) is 4.98 Å². The van der Waals surface area contributed by atoms with Crippen LogP contribution in [0.1, 0.15) is 21.5 Å². The molecule has 0 saturated heterocycles. The predicted molar refractivity (Wildman–Crippen MR) is 89.5 cm³/mol. The van der Waals surface area contributed by atoms with Crippen LogP contribution in [0.15, 0.2) is 36.2 Å². The Balaban J connectivity index is 2.13. The lowest BCUT2D eigenvalue weighted by Crippen LogP contribution is -2.06. The van der Waals surface area contributed by atoms with Gasteiger partial charge in [-0.15, -0.1) is 0 Å². The van der Waals surface area contributed by atoms with Gasteiger partial charge < -0.3 is 19.9 Å². The largest absolute Gasteiger partial charge is 0.493 e. The second-order valence-electron chi connectivity index (χ2n) is 5.33. The number of nitrogens with two attached hydrogens (primary N) is 1. The minimum Gasteiger partial charge on any atom is -0.493 e. The molecule has 0 amide bonds. The first-order valence-corrected chi connectivity index (χ1v) is 7.37. The highest BCUT2D eigenvalue weighted by molar-refractivity contribution is 6.22. The fraction of sp³-hybridized carbons (Fsp3) is 0.222. The Morgan fingerprint density at radius 1 is 1.12 bits per heavy atom. The van der Waals surface area contributed by atoms with E-state index in [4.69, 9.17) is 19.9 Å². The van der Waals surface area contributed by atoms with Crippen LogP contribution in [-0.2, 0) is 6.42 Å². The molecule has 6 nitrogen and oxygen atoms in total. The number of aromatic nitrogens is 1. The average molecular weight is 326 g/mol. The Bertz CT molecular complexity index is 829. The first-order valence-electron chi connectivity index (χ1n) is 7.37. The lowest BCUT2D eigenvalue weighted by Gasteiger charge is -2.15. The molecule has 1 aliphatic carbocycles. The second-order valence-corrected chi connectivity index (χ2v) is 5.33. The number of methoxy groups -OCH3 is 3. The third-order valence-electron chi connectivity index (χ3n) is 4.05. The highest BCUT2D eigenvalue weighted by Crippen LogP contribution is 2.47. The Labute approximate surface area is 139 Å². The maximum Gasteiger partial charge on any atom is 0.204 e. The third kappa shape index (κ3) is 2.36. The number of carbonyl (C=O) groups excluding carboxylic acids is 1. The predicted octanol–water partition coefficient (Wildman–Crippen LogP) is 2.22. The molecule has 0 fully saturated rings. The third-order valence-corrected chi connectivity index (χ3v) is 4.05. The van der Waals surface area contributed by atoms with Gasteiger partial charge in [0, 0.05) is 35.6 Å². The van der Waals surface area contributed by atoms with Crippen molar-refractivity contribution in [1.82, 2.24) is 4.98 Å². The van der Waals surface area contributed by atoms with Gasteiger partial charge in [-0.25, -0.2) is 0 Å². The van der Waals surface area contributed by atoms with Gasteiger partial charge in [-0.3, -0.25) is 9.78 Å². The number of ketones is 1. The monoisotopic (exact) mass is 326 g/mol. The highest BCUT2D eigenvalue weighted by Gasteiger charge is 2.35. The van der Waals surface area contributed by atoms with E-state index in [-0.39, 0.29) is 5.78 Å². The zero-order valence-electron chi connectivity index (χ0n) is 13.8. The van der Waals surface area contributed by atoms with Crippen molar-refractivity contribution in [3.63, 3.8) is 0 Å². The van der Waals surface area contributed by atoms with Crippen LogP contribution in [0, 0.1) is 0 Å². The van der Waals surface area contributed by atoms with Gasteiger partial charge in [0.25, 0.3) is 0 Å². The fourth-order valence-electron chi connectivity index (χ4n) is 2.91. The molecule has 1 aromatic heterocycles. The van der Waals surface area contributed by atoms with Gasteiger partial charge in [0.05, 0.1) is 26.9 Å².